The van der Waals surface area contributed by atoms with Crippen LogP contribution in [0.3, 0.4) is 0 Å². The van der Waals surface area contributed by atoms with Gasteiger partial charge in [0.05, 0.1) is 6.54 Å². The van der Waals surface area contributed by atoms with E-state index in [9.17, 15) is 4.79 Å². The van der Waals surface area contributed by atoms with E-state index < -0.39 is 0 Å². The Morgan fingerprint density at radius 2 is 2.16 bits per heavy atom. The summed E-state index contributed by atoms with van der Waals surface area (Å²) < 4.78 is 7.07. The van der Waals surface area contributed by atoms with Crippen molar-refractivity contribution in [1.82, 2.24) is 15.1 Å². The summed E-state index contributed by atoms with van der Waals surface area (Å²) in [6.45, 7) is 1.14. The van der Waals surface area contributed by atoms with Crippen molar-refractivity contribution in [3.8, 4) is 5.75 Å². The van der Waals surface area contributed by atoms with Crippen LogP contribution in [0.15, 0.2) is 42.7 Å². The third-order valence-electron chi connectivity index (χ3n) is 2.41. The molecule has 2 rings (SSSR count). The first-order valence-corrected chi connectivity index (χ1v) is 6.24. The molecule has 0 aliphatic heterocycles. The van der Waals surface area contributed by atoms with E-state index in [4.69, 9.17) is 16.3 Å². The van der Waals surface area contributed by atoms with Crippen molar-refractivity contribution in [3.05, 3.63) is 47.7 Å². The molecule has 0 atom stereocenters. The molecule has 0 fully saturated rings. The van der Waals surface area contributed by atoms with Gasteiger partial charge < -0.3 is 10.1 Å². The summed E-state index contributed by atoms with van der Waals surface area (Å²) in [5.74, 6) is 0.453. The fraction of sp³-hybridized carbons (Fsp3) is 0.231. The van der Waals surface area contributed by atoms with Crippen molar-refractivity contribution >= 4 is 17.5 Å². The Morgan fingerprint density at radius 1 is 1.37 bits per heavy atom. The van der Waals surface area contributed by atoms with Crippen molar-refractivity contribution in [3.63, 3.8) is 0 Å². The van der Waals surface area contributed by atoms with Crippen LogP contribution in [-0.4, -0.2) is 28.8 Å². The lowest BCUT2D eigenvalue weighted by Crippen LogP contribution is -2.31. The van der Waals surface area contributed by atoms with Crippen LogP contribution >= 0.6 is 11.6 Å². The van der Waals surface area contributed by atoms with Crippen LogP contribution in [-0.2, 0) is 11.3 Å². The number of halogens is 1. The molecule has 0 aliphatic rings. The first-order chi connectivity index (χ1) is 9.24. The van der Waals surface area contributed by atoms with Gasteiger partial charge in [0.1, 0.15) is 5.75 Å². The second-order valence-electron chi connectivity index (χ2n) is 3.86. The summed E-state index contributed by atoms with van der Waals surface area (Å²) in [4.78, 5) is 11.5. The van der Waals surface area contributed by atoms with Crippen molar-refractivity contribution in [2.24, 2.45) is 0 Å². The highest BCUT2D eigenvalue weighted by Crippen LogP contribution is 2.15. The zero-order valence-corrected chi connectivity index (χ0v) is 11.0. The average Bonchev–Trinajstić information content (AvgIpc) is 2.91. The van der Waals surface area contributed by atoms with Gasteiger partial charge in [0, 0.05) is 24.0 Å². The molecule has 1 heterocycles. The molecule has 1 N–H and O–H groups in total. The first-order valence-electron chi connectivity index (χ1n) is 5.86. The molecule has 5 nitrogen and oxygen atoms in total. The van der Waals surface area contributed by atoms with Crippen LogP contribution in [0.2, 0.25) is 5.02 Å². The number of carbonyl (C=O) groups excluding carboxylic acids is 1. The monoisotopic (exact) mass is 279 g/mol. The summed E-state index contributed by atoms with van der Waals surface area (Å²) in [5, 5.41) is 7.42. The molecule has 1 amide bonds. The van der Waals surface area contributed by atoms with Gasteiger partial charge in [-0.1, -0.05) is 11.6 Å². The molecule has 0 spiro atoms. The number of amides is 1. The molecule has 2 aromatic rings. The molecular weight excluding hydrogens is 266 g/mol. The van der Waals surface area contributed by atoms with Gasteiger partial charge in [-0.25, -0.2) is 0 Å². The lowest BCUT2D eigenvalue weighted by Gasteiger charge is -2.07. The van der Waals surface area contributed by atoms with Crippen molar-refractivity contribution in [2.75, 3.05) is 13.2 Å². The van der Waals surface area contributed by atoms with E-state index in [0.29, 0.717) is 23.9 Å². The normalized spacial score (nSPS) is 10.2. The van der Waals surface area contributed by atoms with Crippen LogP contribution in [0.1, 0.15) is 0 Å². The molecule has 6 heteroatoms. The maximum Gasteiger partial charge on any atom is 0.258 e. The summed E-state index contributed by atoms with van der Waals surface area (Å²) in [6.07, 6.45) is 3.54. The van der Waals surface area contributed by atoms with Gasteiger partial charge in [0.15, 0.2) is 6.61 Å². The van der Waals surface area contributed by atoms with E-state index in [1.807, 2.05) is 12.3 Å². The van der Waals surface area contributed by atoms with Crippen molar-refractivity contribution < 1.29 is 9.53 Å². The van der Waals surface area contributed by atoms with Gasteiger partial charge in [0.25, 0.3) is 5.91 Å². The van der Waals surface area contributed by atoms with Gasteiger partial charge in [-0.2, -0.15) is 5.10 Å². The summed E-state index contributed by atoms with van der Waals surface area (Å²) in [5.41, 5.74) is 0. The standard InChI is InChI=1S/C13H14ClN3O2/c14-11-2-4-12(5-3-11)19-10-13(18)15-7-9-17-8-1-6-16-17/h1-6,8H,7,9-10H2,(H,15,18). The maximum atomic E-state index is 11.5. The minimum absolute atomic E-state index is 0.0132. The molecule has 0 aliphatic carbocycles. The molecule has 19 heavy (non-hydrogen) atoms. The number of rotatable bonds is 6. The van der Waals surface area contributed by atoms with Crippen LogP contribution in [0, 0.1) is 0 Å². The predicted molar refractivity (Wildman–Crippen MR) is 72.2 cm³/mol. The Labute approximate surface area is 116 Å². The summed E-state index contributed by atoms with van der Waals surface area (Å²) >= 11 is 5.75. The second-order valence-corrected chi connectivity index (χ2v) is 4.30. The molecule has 0 unspecified atom stereocenters. The number of nitrogens with one attached hydrogen (secondary N) is 1. The van der Waals surface area contributed by atoms with E-state index in [1.165, 1.54) is 0 Å². The molecular formula is C13H14ClN3O2. The van der Waals surface area contributed by atoms with E-state index in [2.05, 4.69) is 10.4 Å². The lowest BCUT2D eigenvalue weighted by molar-refractivity contribution is -0.123. The lowest BCUT2D eigenvalue weighted by atomic mass is 10.3. The number of nitrogens with zero attached hydrogens (tertiary/aromatic N) is 2. The fourth-order valence-electron chi connectivity index (χ4n) is 1.47. The third-order valence-corrected chi connectivity index (χ3v) is 2.66. The van der Waals surface area contributed by atoms with Crippen LogP contribution in [0.5, 0.6) is 5.75 Å². The van der Waals surface area contributed by atoms with E-state index in [-0.39, 0.29) is 12.5 Å². The van der Waals surface area contributed by atoms with Crippen LogP contribution < -0.4 is 10.1 Å². The number of aromatic nitrogens is 2. The minimum atomic E-state index is -0.165. The number of ether oxygens (including phenoxy) is 1. The van der Waals surface area contributed by atoms with Gasteiger partial charge in [-0.3, -0.25) is 9.48 Å². The van der Waals surface area contributed by atoms with E-state index in [0.717, 1.165) is 0 Å². The topological polar surface area (TPSA) is 56.1 Å². The van der Waals surface area contributed by atoms with Crippen LogP contribution in [0.4, 0.5) is 0 Å². The first kappa shape index (κ1) is 13.4. The second kappa shape index (κ2) is 6.80. The molecule has 0 radical (unpaired) electrons. The average molecular weight is 280 g/mol. The molecule has 1 aromatic heterocycles. The molecule has 0 bridgehead atoms. The number of hydrogen-bond acceptors (Lipinski definition) is 3. The van der Waals surface area contributed by atoms with Crippen molar-refractivity contribution in [2.45, 2.75) is 6.54 Å². The molecule has 0 saturated heterocycles. The zero-order chi connectivity index (χ0) is 13.5. The highest BCUT2D eigenvalue weighted by Gasteiger charge is 2.02. The van der Waals surface area contributed by atoms with E-state index in [1.54, 1.807) is 35.1 Å². The molecule has 100 valence electrons. The molecule has 1 aromatic carbocycles. The fourth-order valence-corrected chi connectivity index (χ4v) is 1.60. The Bertz CT molecular complexity index is 511. The number of carbonyl (C=O) groups is 1. The quantitative estimate of drug-likeness (QED) is 0.876. The predicted octanol–water partition coefficient (Wildman–Crippen LogP) is 1.73. The Hall–Kier alpha value is -2.01. The summed E-state index contributed by atoms with van der Waals surface area (Å²) in [7, 11) is 0. The number of hydrogen-bond donors (Lipinski definition) is 1. The van der Waals surface area contributed by atoms with Crippen LogP contribution in [0.25, 0.3) is 0 Å². The van der Waals surface area contributed by atoms with Gasteiger partial charge in [-0.05, 0) is 30.3 Å². The number of benzene rings is 1. The Morgan fingerprint density at radius 3 is 2.84 bits per heavy atom. The SMILES string of the molecule is O=C(COc1ccc(Cl)cc1)NCCn1cccn1. The van der Waals surface area contributed by atoms with Crippen molar-refractivity contribution in [1.29, 1.82) is 0 Å². The maximum absolute atomic E-state index is 11.5. The molecule has 0 saturated carbocycles. The highest BCUT2D eigenvalue weighted by molar-refractivity contribution is 6.30. The third kappa shape index (κ3) is 4.63. The Kier molecular flexibility index (Phi) is 4.80. The van der Waals surface area contributed by atoms with Gasteiger partial charge >= 0.3 is 0 Å². The highest BCUT2D eigenvalue weighted by atomic mass is 35.5. The smallest absolute Gasteiger partial charge is 0.258 e. The minimum Gasteiger partial charge on any atom is -0.484 e. The van der Waals surface area contributed by atoms with Gasteiger partial charge in [-0.15, -0.1) is 0 Å². The summed E-state index contributed by atoms with van der Waals surface area (Å²) in [6, 6.07) is 8.71. The zero-order valence-electron chi connectivity index (χ0n) is 10.3. The van der Waals surface area contributed by atoms with E-state index >= 15 is 0 Å². The van der Waals surface area contributed by atoms with Gasteiger partial charge in [0.2, 0.25) is 0 Å². The largest absolute Gasteiger partial charge is 0.484 e. The Balaban J connectivity index is 1.65.